The Morgan fingerprint density at radius 1 is 1.45 bits per heavy atom. The number of thiophene rings is 1. The van der Waals surface area contributed by atoms with Gasteiger partial charge >= 0.3 is 0 Å². The molecule has 0 spiro atoms. The maximum absolute atomic E-state index is 13.6. The Labute approximate surface area is 126 Å². The molecule has 7 heteroatoms. The van der Waals surface area contributed by atoms with E-state index < -0.39 is 11.7 Å². The second kappa shape index (κ2) is 6.41. The molecular weight excluding hydrogens is 345 g/mol. The average Bonchev–Trinajstić information content (AvgIpc) is 2.84. The fourth-order valence-electron chi connectivity index (χ4n) is 1.38. The van der Waals surface area contributed by atoms with Crippen LogP contribution in [0.5, 0.6) is 0 Å². The molecule has 1 aromatic heterocycles. The summed E-state index contributed by atoms with van der Waals surface area (Å²) < 4.78 is 14.5. The van der Waals surface area contributed by atoms with Crippen LogP contribution in [0.15, 0.2) is 39.2 Å². The van der Waals surface area contributed by atoms with E-state index in [9.17, 15) is 9.18 Å². The van der Waals surface area contributed by atoms with Crippen molar-refractivity contribution in [2.45, 2.75) is 0 Å². The van der Waals surface area contributed by atoms with Crippen LogP contribution >= 0.6 is 27.3 Å². The van der Waals surface area contributed by atoms with Crippen LogP contribution in [0.2, 0.25) is 0 Å². The highest BCUT2D eigenvalue weighted by Gasteiger charge is 2.11. The van der Waals surface area contributed by atoms with Crippen LogP contribution in [0, 0.1) is 17.1 Å². The maximum Gasteiger partial charge on any atom is 0.274 e. The first kappa shape index (κ1) is 14.4. The van der Waals surface area contributed by atoms with Gasteiger partial charge in [-0.15, -0.1) is 11.3 Å². The summed E-state index contributed by atoms with van der Waals surface area (Å²) in [5.41, 5.74) is 2.23. The molecule has 4 nitrogen and oxygen atoms in total. The smallest absolute Gasteiger partial charge is 0.267 e. The zero-order valence-corrected chi connectivity index (χ0v) is 12.3. The molecule has 0 unspecified atom stereocenters. The van der Waals surface area contributed by atoms with Gasteiger partial charge in [-0.05, 0) is 46.3 Å². The van der Waals surface area contributed by atoms with Gasteiger partial charge in [-0.3, -0.25) is 4.79 Å². The van der Waals surface area contributed by atoms with Crippen molar-refractivity contribution in [1.82, 2.24) is 5.43 Å². The third-order valence-electron chi connectivity index (χ3n) is 2.29. The largest absolute Gasteiger partial charge is 0.274 e. The highest BCUT2D eigenvalue weighted by molar-refractivity contribution is 9.11. The quantitative estimate of drug-likeness (QED) is 0.681. The summed E-state index contributed by atoms with van der Waals surface area (Å²) in [6.07, 6.45) is 1.47. The van der Waals surface area contributed by atoms with E-state index in [4.69, 9.17) is 5.26 Å². The molecule has 2 aromatic rings. The molecule has 0 fully saturated rings. The number of hydrogen-bond acceptors (Lipinski definition) is 4. The number of hydrogen-bond donors (Lipinski definition) is 1. The topological polar surface area (TPSA) is 65.2 Å². The van der Waals surface area contributed by atoms with Crippen LogP contribution in [0.25, 0.3) is 0 Å². The fourth-order valence-corrected chi connectivity index (χ4v) is 2.68. The van der Waals surface area contributed by atoms with Crippen LogP contribution in [-0.2, 0) is 0 Å². The van der Waals surface area contributed by atoms with Gasteiger partial charge in [0.15, 0.2) is 0 Å². The summed E-state index contributed by atoms with van der Waals surface area (Å²) in [7, 11) is 0. The Morgan fingerprint density at radius 2 is 2.25 bits per heavy atom. The second-order valence-electron chi connectivity index (χ2n) is 3.65. The number of nitriles is 1. The molecule has 0 aliphatic rings. The molecule has 100 valence electrons. The lowest BCUT2D eigenvalue weighted by Crippen LogP contribution is -2.19. The Kier molecular flexibility index (Phi) is 4.61. The van der Waals surface area contributed by atoms with E-state index in [1.807, 2.05) is 12.1 Å². The van der Waals surface area contributed by atoms with E-state index in [0.29, 0.717) is 0 Å². The molecule has 0 saturated carbocycles. The number of halogens is 2. The van der Waals surface area contributed by atoms with Gasteiger partial charge in [0, 0.05) is 4.88 Å². The van der Waals surface area contributed by atoms with Crippen molar-refractivity contribution in [2.75, 3.05) is 0 Å². The van der Waals surface area contributed by atoms with Crippen molar-refractivity contribution in [3.63, 3.8) is 0 Å². The predicted molar refractivity (Wildman–Crippen MR) is 78.2 cm³/mol. The number of hydrazone groups is 1. The van der Waals surface area contributed by atoms with Gasteiger partial charge in [0.25, 0.3) is 5.91 Å². The van der Waals surface area contributed by atoms with Crippen molar-refractivity contribution < 1.29 is 9.18 Å². The molecule has 0 radical (unpaired) electrons. The maximum atomic E-state index is 13.6. The Bertz CT molecular complexity index is 721. The zero-order valence-electron chi connectivity index (χ0n) is 9.93. The number of benzene rings is 1. The second-order valence-corrected chi connectivity index (χ2v) is 6.14. The van der Waals surface area contributed by atoms with Gasteiger partial charge < -0.3 is 0 Å². The van der Waals surface area contributed by atoms with E-state index in [-0.39, 0.29) is 11.1 Å². The average molecular weight is 352 g/mol. The lowest BCUT2D eigenvalue weighted by molar-refractivity contribution is 0.0951. The summed E-state index contributed by atoms with van der Waals surface area (Å²) >= 11 is 4.76. The minimum absolute atomic E-state index is 0.158. The van der Waals surface area contributed by atoms with Crippen LogP contribution in [-0.4, -0.2) is 12.1 Å². The molecule has 0 bridgehead atoms. The van der Waals surface area contributed by atoms with Gasteiger partial charge in [-0.2, -0.15) is 10.4 Å². The first-order valence-electron chi connectivity index (χ1n) is 5.38. The van der Waals surface area contributed by atoms with Crippen molar-refractivity contribution >= 4 is 39.4 Å². The fraction of sp³-hybridized carbons (Fsp3) is 0. The van der Waals surface area contributed by atoms with Crippen molar-refractivity contribution in [3.05, 3.63) is 55.9 Å². The Morgan fingerprint density at radius 3 is 2.85 bits per heavy atom. The van der Waals surface area contributed by atoms with E-state index in [1.165, 1.54) is 29.7 Å². The first-order chi connectivity index (χ1) is 9.60. The van der Waals surface area contributed by atoms with Gasteiger partial charge in [0.2, 0.25) is 0 Å². The van der Waals surface area contributed by atoms with Gasteiger partial charge in [0.1, 0.15) is 5.82 Å². The number of nitrogens with one attached hydrogen (secondary N) is 1. The molecule has 2 rings (SSSR count). The monoisotopic (exact) mass is 351 g/mol. The first-order valence-corrected chi connectivity index (χ1v) is 6.99. The number of carbonyl (C=O) groups excluding carboxylic acids is 1. The van der Waals surface area contributed by atoms with Crippen molar-refractivity contribution in [1.29, 1.82) is 5.26 Å². The lowest BCUT2D eigenvalue weighted by Gasteiger charge is -2.01. The minimum atomic E-state index is -0.754. The normalized spacial score (nSPS) is 10.4. The number of rotatable bonds is 3. The van der Waals surface area contributed by atoms with Crippen LogP contribution in [0.4, 0.5) is 4.39 Å². The Balaban J connectivity index is 2.05. The highest BCUT2D eigenvalue weighted by atomic mass is 79.9. The predicted octanol–water partition coefficient (Wildman–Crippen LogP) is 3.29. The molecule has 1 N–H and O–H groups in total. The zero-order chi connectivity index (χ0) is 14.5. The molecule has 20 heavy (non-hydrogen) atoms. The number of carbonyl (C=O) groups is 1. The van der Waals surface area contributed by atoms with Crippen molar-refractivity contribution in [2.24, 2.45) is 5.10 Å². The van der Waals surface area contributed by atoms with Crippen molar-refractivity contribution in [3.8, 4) is 6.07 Å². The molecule has 1 amide bonds. The molecule has 1 aromatic carbocycles. The molecule has 0 saturated heterocycles. The summed E-state index contributed by atoms with van der Waals surface area (Å²) in [5, 5.41) is 12.4. The van der Waals surface area contributed by atoms with Gasteiger partial charge in [-0.1, -0.05) is 0 Å². The summed E-state index contributed by atoms with van der Waals surface area (Å²) in [4.78, 5) is 12.6. The van der Waals surface area contributed by atoms with E-state index in [2.05, 4.69) is 26.5 Å². The molecule has 0 aliphatic carbocycles. The van der Waals surface area contributed by atoms with Crippen LogP contribution in [0.3, 0.4) is 0 Å². The molecule has 0 atom stereocenters. The summed E-state index contributed by atoms with van der Waals surface area (Å²) in [5.74, 6) is -1.42. The standard InChI is InChI=1S/C13H7BrFN3OS/c14-12-4-2-9(20-12)7-17-18-13(19)10-3-1-8(6-16)5-11(10)15/h1-5,7H,(H,18,19)/b17-7-. The van der Waals surface area contributed by atoms with Gasteiger partial charge in [0.05, 0.1) is 27.2 Å². The minimum Gasteiger partial charge on any atom is -0.267 e. The lowest BCUT2D eigenvalue weighted by atomic mass is 10.1. The summed E-state index contributed by atoms with van der Waals surface area (Å²) in [6.45, 7) is 0. The highest BCUT2D eigenvalue weighted by Crippen LogP contribution is 2.20. The van der Waals surface area contributed by atoms with Gasteiger partial charge in [-0.25, -0.2) is 9.82 Å². The van der Waals surface area contributed by atoms with E-state index in [1.54, 1.807) is 6.07 Å². The number of amides is 1. The summed E-state index contributed by atoms with van der Waals surface area (Å²) in [6, 6.07) is 9.11. The Hall–Kier alpha value is -2.04. The van der Waals surface area contributed by atoms with Crippen LogP contribution < -0.4 is 5.43 Å². The van der Waals surface area contributed by atoms with Crippen LogP contribution in [0.1, 0.15) is 20.8 Å². The molecule has 0 aliphatic heterocycles. The third-order valence-corrected chi connectivity index (χ3v) is 3.85. The molecule has 1 heterocycles. The third kappa shape index (κ3) is 3.50. The van der Waals surface area contributed by atoms with E-state index >= 15 is 0 Å². The SMILES string of the molecule is N#Cc1ccc(C(=O)N/N=C\c2ccc(Br)s2)c(F)c1. The number of nitrogens with zero attached hydrogens (tertiary/aromatic N) is 2. The molecular formula is C13H7BrFN3OS. The van der Waals surface area contributed by atoms with E-state index in [0.717, 1.165) is 14.7 Å².